The van der Waals surface area contributed by atoms with Gasteiger partial charge >= 0.3 is 6.09 Å². The van der Waals surface area contributed by atoms with Gasteiger partial charge in [0.05, 0.1) is 0 Å². The third-order valence-electron chi connectivity index (χ3n) is 3.54. The summed E-state index contributed by atoms with van der Waals surface area (Å²) in [7, 11) is 0. The van der Waals surface area contributed by atoms with Crippen LogP contribution >= 0.6 is 0 Å². The van der Waals surface area contributed by atoms with Gasteiger partial charge in [-0.1, -0.05) is 0 Å². The van der Waals surface area contributed by atoms with Crippen molar-refractivity contribution in [1.82, 2.24) is 9.88 Å². The van der Waals surface area contributed by atoms with Gasteiger partial charge in [0, 0.05) is 36.1 Å². The number of hydrogen-bond acceptors (Lipinski definition) is 3. The van der Waals surface area contributed by atoms with Gasteiger partial charge in [0.15, 0.2) is 5.43 Å². The number of aromatic nitrogens is 1. The number of piperidine rings is 1. The fourth-order valence-electron chi connectivity index (χ4n) is 2.54. The zero-order valence-corrected chi connectivity index (χ0v) is 15.2. The van der Waals surface area contributed by atoms with Crippen LogP contribution in [0.1, 0.15) is 58.3 Å². The van der Waals surface area contributed by atoms with Crippen LogP contribution in [-0.4, -0.2) is 34.2 Å². The Morgan fingerprint density at radius 1 is 1.22 bits per heavy atom. The van der Waals surface area contributed by atoms with Crippen molar-refractivity contribution in [2.75, 3.05) is 6.54 Å². The number of hydrogen-bond donors (Lipinski definition) is 1. The lowest BCUT2D eigenvalue weighted by atomic mass is 10.0. The molecule has 1 saturated heterocycles. The second kappa shape index (κ2) is 8.18. The molecule has 0 radical (unpaired) electrons. The number of carbonyl (C=O) groups is 1. The maximum atomic E-state index is 11.7. The number of pyridine rings is 1. The number of nitrogens with zero attached hydrogens (tertiary/aromatic N) is 1. The van der Waals surface area contributed by atoms with Crippen molar-refractivity contribution >= 4 is 6.09 Å². The van der Waals surface area contributed by atoms with Gasteiger partial charge in [-0.25, -0.2) is 4.79 Å². The lowest BCUT2D eigenvalue weighted by Gasteiger charge is -2.34. The molecular formula is C18H30N2O3. The van der Waals surface area contributed by atoms with Crippen molar-refractivity contribution in [3.05, 3.63) is 33.7 Å². The molecule has 5 nitrogen and oxygen atoms in total. The Bertz CT molecular complexity index is 549. The molecule has 0 aromatic carbocycles. The first-order chi connectivity index (χ1) is 10.6. The molecule has 5 heteroatoms. The van der Waals surface area contributed by atoms with Gasteiger partial charge in [-0.2, -0.15) is 0 Å². The Labute approximate surface area is 139 Å². The highest BCUT2D eigenvalue weighted by Crippen LogP contribution is 2.19. The Hall–Kier alpha value is -1.78. The predicted molar refractivity (Wildman–Crippen MR) is 92.8 cm³/mol. The number of carbonyl (C=O) groups excluding carboxylic acids is 1. The van der Waals surface area contributed by atoms with Gasteiger partial charge in [-0.05, 0) is 60.8 Å². The summed E-state index contributed by atoms with van der Waals surface area (Å²) in [6, 6.07) is 3.48. The number of nitrogens with one attached hydrogen (secondary N) is 1. The minimum absolute atomic E-state index is 0.0729. The molecule has 0 saturated carbocycles. The monoisotopic (exact) mass is 322 g/mol. The van der Waals surface area contributed by atoms with Crippen molar-refractivity contribution in [3.8, 4) is 0 Å². The van der Waals surface area contributed by atoms with E-state index >= 15 is 0 Å². The second-order valence-electron chi connectivity index (χ2n) is 7.20. The van der Waals surface area contributed by atoms with Crippen LogP contribution in [0, 0.1) is 13.8 Å². The van der Waals surface area contributed by atoms with Gasteiger partial charge in [0.1, 0.15) is 5.60 Å². The molecule has 1 fully saturated rings. The van der Waals surface area contributed by atoms with E-state index in [4.69, 9.17) is 4.74 Å². The molecule has 2 rings (SSSR count). The smallest absolute Gasteiger partial charge is 0.410 e. The number of rotatable bonds is 0. The van der Waals surface area contributed by atoms with E-state index < -0.39 is 0 Å². The highest BCUT2D eigenvalue weighted by Gasteiger charge is 2.27. The highest BCUT2D eigenvalue weighted by molar-refractivity contribution is 5.68. The van der Waals surface area contributed by atoms with Crippen LogP contribution in [0.2, 0.25) is 0 Å². The summed E-state index contributed by atoms with van der Waals surface area (Å²) in [5.41, 5.74) is 1.53. The summed E-state index contributed by atoms with van der Waals surface area (Å²) >= 11 is 0. The maximum absolute atomic E-state index is 11.7. The first-order valence-corrected chi connectivity index (χ1v) is 8.25. The highest BCUT2D eigenvalue weighted by atomic mass is 16.6. The van der Waals surface area contributed by atoms with Crippen LogP contribution in [0.15, 0.2) is 16.9 Å². The first-order valence-electron chi connectivity index (χ1n) is 8.25. The number of amides is 1. The van der Waals surface area contributed by atoms with E-state index in [1.807, 2.05) is 39.5 Å². The Balaban J connectivity index is 0.000000253. The van der Waals surface area contributed by atoms with Crippen LogP contribution in [0.25, 0.3) is 0 Å². The fourth-order valence-corrected chi connectivity index (χ4v) is 2.54. The van der Waals surface area contributed by atoms with Gasteiger partial charge in [0.2, 0.25) is 0 Å². The average Bonchev–Trinajstić information content (AvgIpc) is 2.35. The fraction of sp³-hybridized carbons (Fsp3) is 0.667. The summed E-state index contributed by atoms with van der Waals surface area (Å²) in [5, 5.41) is 0. The van der Waals surface area contributed by atoms with Crippen molar-refractivity contribution in [1.29, 1.82) is 0 Å². The number of aromatic amines is 1. The van der Waals surface area contributed by atoms with Crippen LogP contribution < -0.4 is 5.43 Å². The van der Waals surface area contributed by atoms with E-state index in [0.29, 0.717) is 6.04 Å². The molecule has 0 bridgehead atoms. The molecule has 130 valence electrons. The molecule has 23 heavy (non-hydrogen) atoms. The zero-order chi connectivity index (χ0) is 17.6. The quantitative estimate of drug-likeness (QED) is 0.790. The van der Waals surface area contributed by atoms with Gasteiger partial charge in [-0.15, -0.1) is 0 Å². The molecule has 1 aliphatic rings. The molecule has 1 aliphatic heterocycles. The lowest BCUT2D eigenvalue weighted by molar-refractivity contribution is 0.0121. The Kier molecular flexibility index (Phi) is 6.85. The van der Waals surface area contributed by atoms with Crippen LogP contribution in [0.5, 0.6) is 0 Å². The molecule has 0 spiro atoms. The van der Waals surface area contributed by atoms with Crippen molar-refractivity contribution < 1.29 is 9.53 Å². The molecule has 2 heterocycles. The van der Waals surface area contributed by atoms with E-state index in [-0.39, 0.29) is 17.1 Å². The molecule has 1 amide bonds. The number of ether oxygens (including phenoxy) is 1. The topological polar surface area (TPSA) is 62.4 Å². The van der Waals surface area contributed by atoms with Crippen LogP contribution in [0.3, 0.4) is 0 Å². The van der Waals surface area contributed by atoms with Crippen molar-refractivity contribution in [2.24, 2.45) is 0 Å². The summed E-state index contributed by atoms with van der Waals surface area (Å²) in [5.74, 6) is 0. The largest absolute Gasteiger partial charge is 0.444 e. The minimum atomic E-state index is -0.381. The summed E-state index contributed by atoms with van der Waals surface area (Å²) < 4.78 is 5.33. The molecular weight excluding hydrogens is 292 g/mol. The summed E-state index contributed by atoms with van der Waals surface area (Å²) in [4.78, 5) is 27.3. The molecule has 1 aromatic heterocycles. The zero-order valence-electron chi connectivity index (χ0n) is 15.2. The lowest BCUT2D eigenvalue weighted by Crippen LogP contribution is -2.44. The average molecular weight is 322 g/mol. The van der Waals surface area contributed by atoms with Gasteiger partial charge < -0.3 is 14.6 Å². The second-order valence-corrected chi connectivity index (χ2v) is 7.20. The van der Waals surface area contributed by atoms with E-state index in [9.17, 15) is 9.59 Å². The molecule has 1 unspecified atom stereocenters. The number of aryl methyl sites for hydroxylation is 2. The molecule has 1 atom stereocenters. The number of likely N-dealkylation sites (tertiary alicyclic amines) is 1. The normalized spacial score (nSPS) is 18.0. The van der Waals surface area contributed by atoms with Crippen molar-refractivity contribution in [3.63, 3.8) is 0 Å². The van der Waals surface area contributed by atoms with Gasteiger partial charge in [0.25, 0.3) is 0 Å². The standard InChI is InChI=1S/C11H21NO2.C7H9NO/c1-9-7-5-6-8-12(9)10(13)14-11(2,3)4;1-5-3-7(9)4-6(2)8-5/h9H,5-8H2,1-4H3;3-4H,1-2H3,(H,8,9). The third kappa shape index (κ3) is 7.35. The summed E-state index contributed by atoms with van der Waals surface area (Å²) in [6.45, 7) is 12.4. The number of H-pyrrole nitrogens is 1. The van der Waals surface area contributed by atoms with Crippen molar-refractivity contribution in [2.45, 2.75) is 72.4 Å². The molecule has 0 aliphatic carbocycles. The van der Waals surface area contributed by atoms with Crippen LogP contribution in [0.4, 0.5) is 4.79 Å². The first kappa shape index (κ1) is 19.3. The van der Waals surface area contributed by atoms with Crippen LogP contribution in [-0.2, 0) is 4.74 Å². The van der Waals surface area contributed by atoms with E-state index in [1.165, 1.54) is 6.42 Å². The molecule has 1 aromatic rings. The van der Waals surface area contributed by atoms with Gasteiger partial charge in [-0.3, -0.25) is 4.79 Å². The third-order valence-corrected chi connectivity index (χ3v) is 3.54. The summed E-state index contributed by atoms with van der Waals surface area (Å²) in [6.07, 6.45) is 3.26. The Morgan fingerprint density at radius 2 is 1.78 bits per heavy atom. The SMILES string of the molecule is CC1CCCCN1C(=O)OC(C)(C)C.Cc1cc(=O)cc(C)[nH]1. The van der Waals surface area contributed by atoms with E-state index in [0.717, 1.165) is 30.8 Å². The molecule has 1 N–H and O–H groups in total. The Morgan fingerprint density at radius 3 is 2.22 bits per heavy atom. The minimum Gasteiger partial charge on any atom is -0.444 e. The maximum Gasteiger partial charge on any atom is 0.410 e. The van der Waals surface area contributed by atoms with E-state index in [1.54, 1.807) is 12.1 Å². The predicted octanol–water partition coefficient (Wildman–Crippen LogP) is 3.79. The van der Waals surface area contributed by atoms with E-state index in [2.05, 4.69) is 11.9 Å².